The molecule has 1 aliphatic heterocycles. The molecule has 0 spiro atoms. The average molecular weight is 449 g/mol. The van der Waals surface area contributed by atoms with Crippen molar-refractivity contribution in [2.75, 3.05) is 19.0 Å². The molecule has 4 aromatic rings. The SMILES string of the molecule is CCCOc1ccc(C2CC(=O)Nc3c2c(C)nn3-c2nc3ccc(OC)cc3s2)cc1. The average Bonchev–Trinajstić information content (AvgIpc) is 3.37. The summed E-state index contributed by atoms with van der Waals surface area (Å²) in [7, 11) is 1.65. The van der Waals surface area contributed by atoms with Gasteiger partial charge in [0, 0.05) is 17.9 Å². The number of thiazole rings is 1. The molecule has 0 fully saturated rings. The van der Waals surface area contributed by atoms with Crippen LogP contribution in [-0.4, -0.2) is 34.4 Å². The first kappa shape index (κ1) is 20.5. The number of amides is 1. The van der Waals surface area contributed by atoms with Gasteiger partial charge in [-0.3, -0.25) is 4.79 Å². The Bertz CT molecular complexity index is 1290. The van der Waals surface area contributed by atoms with Crippen LogP contribution >= 0.6 is 11.3 Å². The van der Waals surface area contributed by atoms with Crippen LogP contribution in [0.3, 0.4) is 0 Å². The second-order valence-corrected chi connectivity index (χ2v) is 8.82. The number of aromatic nitrogens is 3. The van der Waals surface area contributed by atoms with E-state index in [1.165, 1.54) is 11.3 Å². The molecule has 32 heavy (non-hydrogen) atoms. The quantitative estimate of drug-likeness (QED) is 0.446. The smallest absolute Gasteiger partial charge is 0.226 e. The van der Waals surface area contributed by atoms with E-state index in [1.54, 1.807) is 11.8 Å². The highest BCUT2D eigenvalue weighted by molar-refractivity contribution is 7.20. The molecule has 0 radical (unpaired) electrons. The number of hydrogen-bond donors (Lipinski definition) is 1. The molecular weight excluding hydrogens is 424 g/mol. The van der Waals surface area contributed by atoms with Crippen molar-refractivity contribution >= 4 is 33.3 Å². The second kappa shape index (κ2) is 8.27. The number of nitrogens with one attached hydrogen (secondary N) is 1. The molecule has 0 aliphatic carbocycles. The third-order valence-electron chi connectivity index (χ3n) is 5.62. The van der Waals surface area contributed by atoms with Crippen LogP contribution in [0, 0.1) is 6.92 Å². The lowest BCUT2D eigenvalue weighted by Crippen LogP contribution is -2.24. The Morgan fingerprint density at radius 1 is 1.19 bits per heavy atom. The van der Waals surface area contributed by atoms with Gasteiger partial charge < -0.3 is 14.8 Å². The fourth-order valence-corrected chi connectivity index (χ4v) is 5.05. The number of nitrogens with zero attached hydrogens (tertiary/aromatic N) is 3. The van der Waals surface area contributed by atoms with E-state index in [2.05, 4.69) is 12.2 Å². The number of carbonyl (C=O) groups excluding carboxylic acids is 1. The van der Waals surface area contributed by atoms with E-state index in [1.807, 2.05) is 49.4 Å². The molecule has 7 nitrogen and oxygen atoms in total. The highest BCUT2D eigenvalue weighted by Crippen LogP contribution is 2.41. The summed E-state index contributed by atoms with van der Waals surface area (Å²) in [5.74, 6) is 2.22. The number of fused-ring (bicyclic) bond motifs is 2. The van der Waals surface area contributed by atoms with Gasteiger partial charge in [0.25, 0.3) is 0 Å². The number of anilines is 1. The minimum Gasteiger partial charge on any atom is -0.497 e. The van der Waals surface area contributed by atoms with Crippen LogP contribution in [0.4, 0.5) is 5.82 Å². The molecule has 0 saturated heterocycles. The Labute approximate surface area is 190 Å². The van der Waals surface area contributed by atoms with E-state index in [0.717, 1.165) is 45.0 Å². The molecule has 5 rings (SSSR count). The van der Waals surface area contributed by atoms with Crippen LogP contribution in [0.2, 0.25) is 0 Å². The summed E-state index contributed by atoms with van der Waals surface area (Å²) in [5.41, 5.74) is 3.85. The Kier molecular flexibility index (Phi) is 5.30. The summed E-state index contributed by atoms with van der Waals surface area (Å²) in [6.45, 7) is 4.75. The number of aryl methyl sites for hydroxylation is 1. The van der Waals surface area contributed by atoms with E-state index in [9.17, 15) is 4.79 Å². The van der Waals surface area contributed by atoms with Gasteiger partial charge in [0.1, 0.15) is 17.3 Å². The van der Waals surface area contributed by atoms with Crippen molar-refractivity contribution in [3.63, 3.8) is 0 Å². The summed E-state index contributed by atoms with van der Waals surface area (Å²) in [6, 6.07) is 13.8. The van der Waals surface area contributed by atoms with Crippen LogP contribution in [0.25, 0.3) is 15.3 Å². The fourth-order valence-electron chi connectivity index (χ4n) is 4.10. The van der Waals surface area contributed by atoms with Gasteiger partial charge in [-0.1, -0.05) is 30.4 Å². The normalized spacial score (nSPS) is 15.5. The van der Waals surface area contributed by atoms with Gasteiger partial charge in [0.05, 0.1) is 29.6 Å². The molecule has 8 heteroatoms. The predicted molar refractivity (Wildman–Crippen MR) is 125 cm³/mol. The van der Waals surface area contributed by atoms with Crippen LogP contribution in [0.1, 0.15) is 42.5 Å². The van der Waals surface area contributed by atoms with Crippen LogP contribution in [0.15, 0.2) is 42.5 Å². The van der Waals surface area contributed by atoms with E-state index in [-0.39, 0.29) is 11.8 Å². The standard InChI is InChI=1S/C24H24N4O3S/c1-4-11-31-16-7-5-15(6-8-16)18-13-21(29)26-23-22(18)14(2)27-28(23)24-25-19-10-9-17(30-3)12-20(19)32-24/h5-10,12,18H,4,11,13H2,1-3H3,(H,26,29). The lowest BCUT2D eigenvalue weighted by atomic mass is 9.86. The van der Waals surface area contributed by atoms with Gasteiger partial charge in [0.15, 0.2) is 0 Å². The van der Waals surface area contributed by atoms with Crippen LogP contribution < -0.4 is 14.8 Å². The molecule has 2 aromatic carbocycles. The lowest BCUT2D eigenvalue weighted by molar-refractivity contribution is -0.116. The monoisotopic (exact) mass is 448 g/mol. The molecule has 0 saturated carbocycles. The molecule has 2 aromatic heterocycles. The number of methoxy groups -OCH3 is 1. The summed E-state index contributed by atoms with van der Waals surface area (Å²) in [5, 5.41) is 8.51. The molecule has 1 aliphatic rings. The highest BCUT2D eigenvalue weighted by Gasteiger charge is 2.33. The van der Waals surface area contributed by atoms with Crippen molar-refractivity contribution in [2.45, 2.75) is 32.6 Å². The van der Waals surface area contributed by atoms with E-state index in [0.29, 0.717) is 24.0 Å². The Hall–Kier alpha value is -3.39. The van der Waals surface area contributed by atoms with Crippen molar-refractivity contribution in [3.05, 3.63) is 59.3 Å². The largest absolute Gasteiger partial charge is 0.497 e. The minimum absolute atomic E-state index is 0.0299. The first-order chi connectivity index (χ1) is 15.6. The van der Waals surface area contributed by atoms with Crippen molar-refractivity contribution in [1.82, 2.24) is 14.8 Å². The van der Waals surface area contributed by atoms with Gasteiger partial charge >= 0.3 is 0 Å². The van der Waals surface area contributed by atoms with E-state index in [4.69, 9.17) is 19.6 Å². The Balaban J connectivity index is 1.55. The molecule has 1 N–H and O–H groups in total. The van der Waals surface area contributed by atoms with Gasteiger partial charge in [-0.05, 0) is 49.2 Å². The maximum absolute atomic E-state index is 12.7. The Morgan fingerprint density at radius 3 is 2.72 bits per heavy atom. The number of ether oxygens (including phenoxy) is 2. The third-order valence-corrected chi connectivity index (χ3v) is 6.62. The maximum atomic E-state index is 12.7. The van der Waals surface area contributed by atoms with E-state index < -0.39 is 0 Å². The zero-order valence-electron chi connectivity index (χ0n) is 18.2. The summed E-state index contributed by atoms with van der Waals surface area (Å²) >= 11 is 1.52. The Morgan fingerprint density at radius 2 is 1.97 bits per heavy atom. The second-order valence-electron chi connectivity index (χ2n) is 7.81. The predicted octanol–water partition coefficient (Wildman–Crippen LogP) is 5.06. The lowest BCUT2D eigenvalue weighted by Gasteiger charge is -2.24. The third kappa shape index (κ3) is 3.60. The first-order valence-corrected chi connectivity index (χ1v) is 11.5. The summed E-state index contributed by atoms with van der Waals surface area (Å²) in [4.78, 5) is 17.4. The molecule has 164 valence electrons. The molecule has 1 atom stereocenters. The zero-order valence-corrected chi connectivity index (χ0v) is 19.0. The number of rotatable bonds is 6. The van der Waals surface area contributed by atoms with Crippen LogP contribution in [-0.2, 0) is 4.79 Å². The molecule has 3 heterocycles. The summed E-state index contributed by atoms with van der Waals surface area (Å²) in [6.07, 6.45) is 1.34. The van der Waals surface area contributed by atoms with Crippen molar-refractivity contribution in [3.8, 4) is 16.6 Å². The molecular formula is C24H24N4O3S. The van der Waals surface area contributed by atoms with Gasteiger partial charge in [-0.25, -0.2) is 4.98 Å². The molecule has 1 amide bonds. The number of benzene rings is 2. The molecule has 0 bridgehead atoms. The van der Waals surface area contributed by atoms with Gasteiger partial charge in [0.2, 0.25) is 11.0 Å². The van der Waals surface area contributed by atoms with Crippen molar-refractivity contribution in [2.24, 2.45) is 0 Å². The van der Waals surface area contributed by atoms with Crippen molar-refractivity contribution in [1.29, 1.82) is 0 Å². The number of hydrogen-bond acceptors (Lipinski definition) is 6. The first-order valence-electron chi connectivity index (χ1n) is 10.6. The number of carbonyl (C=O) groups is 1. The molecule has 1 unspecified atom stereocenters. The minimum atomic E-state index is -0.0674. The van der Waals surface area contributed by atoms with Crippen molar-refractivity contribution < 1.29 is 14.3 Å². The fraction of sp³-hybridized carbons (Fsp3) is 0.292. The van der Waals surface area contributed by atoms with E-state index >= 15 is 0 Å². The zero-order chi connectivity index (χ0) is 22.2. The van der Waals surface area contributed by atoms with Crippen LogP contribution in [0.5, 0.6) is 11.5 Å². The topological polar surface area (TPSA) is 78.3 Å². The van der Waals surface area contributed by atoms with Gasteiger partial charge in [-0.15, -0.1) is 0 Å². The highest BCUT2D eigenvalue weighted by atomic mass is 32.1. The summed E-state index contributed by atoms with van der Waals surface area (Å²) < 4.78 is 13.8. The maximum Gasteiger partial charge on any atom is 0.226 e. The van der Waals surface area contributed by atoms with Gasteiger partial charge in [-0.2, -0.15) is 9.78 Å².